The number of carbonyl (C=O) groups is 2. The second-order valence-corrected chi connectivity index (χ2v) is 4.54. The minimum absolute atomic E-state index is 0. The van der Waals surface area contributed by atoms with E-state index in [0.29, 0.717) is 26.3 Å². The number of carbonyl (C=O) groups excluding carboxylic acids is 2. The molecule has 3 N–H and O–H groups in total. The van der Waals surface area contributed by atoms with Crippen LogP contribution in [0.4, 0.5) is 5.69 Å². The SMILES string of the molecule is Cl.O=C(CCNC(=O)C1COCCN1)Nc1ccccc1. The van der Waals surface area contributed by atoms with Gasteiger partial charge in [-0.15, -0.1) is 12.4 Å². The minimum atomic E-state index is -0.319. The van der Waals surface area contributed by atoms with Gasteiger partial charge >= 0.3 is 0 Å². The number of amides is 2. The van der Waals surface area contributed by atoms with E-state index in [4.69, 9.17) is 4.74 Å². The van der Waals surface area contributed by atoms with Gasteiger partial charge in [0.05, 0.1) is 13.2 Å². The molecule has 0 bridgehead atoms. The normalized spacial score (nSPS) is 17.4. The average molecular weight is 314 g/mol. The molecule has 0 aromatic heterocycles. The molecule has 1 aliphatic heterocycles. The smallest absolute Gasteiger partial charge is 0.239 e. The summed E-state index contributed by atoms with van der Waals surface area (Å²) in [6.45, 7) is 1.99. The van der Waals surface area contributed by atoms with Crippen molar-refractivity contribution in [2.24, 2.45) is 0 Å². The maximum Gasteiger partial charge on any atom is 0.239 e. The molecule has 6 nitrogen and oxygen atoms in total. The quantitative estimate of drug-likeness (QED) is 0.741. The lowest BCUT2D eigenvalue weighted by atomic mass is 10.2. The molecule has 0 saturated carbocycles. The minimum Gasteiger partial charge on any atom is -0.378 e. The third-order valence-corrected chi connectivity index (χ3v) is 2.95. The lowest BCUT2D eigenvalue weighted by molar-refractivity contribution is -0.126. The molecule has 1 aromatic rings. The van der Waals surface area contributed by atoms with E-state index in [-0.39, 0.29) is 36.7 Å². The molecular formula is C14H20ClN3O3. The summed E-state index contributed by atoms with van der Waals surface area (Å²) >= 11 is 0. The highest BCUT2D eigenvalue weighted by Gasteiger charge is 2.20. The molecule has 0 radical (unpaired) electrons. The van der Waals surface area contributed by atoms with Gasteiger partial charge in [0.1, 0.15) is 6.04 Å². The van der Waals surface area contributed by atoms with Gasteiger partial charge in [-0.05, 0) is 12.1 Å². The Morgan fingerprint density at radius 1 is 1.29 bits per heavy atom. The third kappa shape index (κ3) is 6.12. The van der Waals surface area contributed by atoms with Crippen LogP contribution in [-0.4, -0.2) is 44.2 Å². The summed E-state index contributed by atoms with van der Waals surface area (Å²) in [5.74, 6) is -0.249. The van der Waals surface area contributed by atoms with Crippen molar-refractivity contribution in [2.75, 3.05) is 31.6 Å². The first-order chi connectivity index (χ1) is 9.75. The molecule has 21 heavy (non-hydrogen) atoms. The number of para-hydroxylation sites is 1. The molecule has 1 aliphatic rings. The summed E-state index contributed by atoms with van der Waals surface area (Å²) in [6.07, 6.45) is 0.244. The highest BCUT2D eigenvalue weighted by molar-refractivity contribution is 5.91. The second-order valence-electron chi connectivity index (χ2n) is 4.54. The van der Waals surface area contributed by atoms with E-state index < -0.39 is 0 Å². The maximum atomic E-state index is 11.8. The summed E-state index contributed by atoms with van der Waals surface area (Å²) in [4.78, 5) is 23.4. The van der Waals surface area contributed by atoms with E-state index in [0.717, 1.165) is 5.69 Å². The number of anilines is 1. The fourth-order valence-corrected chi connectivity index (χ4v) is 1.90. The van der Waals surface area contributed by atoms with Crippen LogP contribution in [0.2, 0.25) is 0 Å². The lowest BCUT2D eigenvalue weighted by Crippen LogP contribution is -2.51. The van der Waals surface area contributed by atoms with Crippen LogP contribution in [0.15, 0.2) is 30.3 Å². The number of nitrogens with one attached hydrogen (secondary N) is 3. The molecular weight excluding hydrogens is 294 g/mol. The van der Waals surface area contributed by atoms with Crippen molar-refractivity contribution < 1.29 is 14.3 Å². The van der Waals surface area contributed by atoms with Crippen LogP contribution in [0.25, 0.3) is 0 Å². The van der Waals surface area contributed by atoms with Crippen LogP contribution in [-0.2, 0) is 14.3 Å². The second kappa shape index (κ2) is 9.33. The monoisotopic (exact) mass is 313 g/mol. The Morgan fingerprint density at radius 3 is 2.71 bits per heavy atom. The molecule has 0 aliphatic carbocycles. The molecule has 1 fully saturated rings. The van der Waals surface area contributed by atoms with Crippen LogP contribution in [0, 0.1) is 0 Å². The number of benzene rings is 1. The third-order valence-electron chi connectivity index (χ3n) is 2.95. The Balaban J connectivity index is 0.00000220. The fraction of sp³-hybridized carbons (Fsp3) is 0.429. The van der Waals surface area contributed by atoms with Gasteiger partial charge < -0.3 is 20.7 Å². The predicted molar refractivity (Wildman–Crippen MR) is 82.6 cm³/mol. The number of hydrogen-bond acceptors (Lipinski definition) is 4. The van der Waals surface area contributed by atoms with Gasteiger partial charge in [-0.3, -0.25) is 9.59 Å². The number of morpholine rings is 1. The topological polar surface area (TPSA) is 79.5 Å². The molecule has 1 heterocycles. The molecule has 116 valence electrons. The van der Waals surface area contributed by atoms with Crippen molar-refractivity contribution in [2.45, 2.75) is 12.5 Å². The Bertz CT molecular complexity index is 450. The van der Waals surface area contributed by atoms with Crippen LogP contribution in [0.5, 0.6) is 0 Å². The summed E-state index contributed by atoms with van der Waals surface area (Å²) < 4.78 is 5.21. The van der Waals surface area contributed by atoms with Crippen molar-refractivity contribution in [1.29, 1.82) is 0 Å². The van der Waals surface area contributed by atoms with Crippen molar-refractivity contribution in [3.05, 3.63) is 30.3 Å². The van der Waals surface area contributed by atoms with Gasteiger partial charge in [-0.2, -0.15) is 0 Å². The summed E-state index contributed by atoms with van der Waals surface area (Å²) in [5, 5.41) is 8.55. The van der Waals surface area contributed by atoms with Gasteiger partial charge in [-0.1, -0.05) is 18.2 Å². The first kappa shape index (κ1) is 17.4. The molecule has 1 unspecified atom stereocenters. The molecule has 2 amide bonds. The van der Waals surface area contributed by atoms with Crippen molar-refractivity contribution in [1.82, 2.24) is 10.6 Å². The lowest BCUT2D eigenvalue weighted by Gasteiger charge is -2.22. The first-order valence-electron chi connectivity index (χ1n) is 6.69. The molecule has 1 atom stereocenters. The standard InChI is InChI=1S/C14H19N3O3.ClH/c18-13(17-11-4-2-1-3-5-11)6-7-16-14(19)12-10-20-9-8-15-12;/h1-5,12,15H,6-10H2,(H,16,19)(H,17,18);1H. The predicted octanol–water partition coefficient (Wildman–Crippen LogP) is 0.542. The molecule has 1 saturated heterocycles. The molecule has 0 spiro atoms. The van der Waals surface area contributed by atoms with Gasteiger partial charge in [-0.25, -0.2) is 0 Å². The molecule has 1 aromatic carbocycles. The van der Waals surface area contributed by atoms with E-state index in [1.807, 2.05) is 30.3 Å². The van der Waals surface area contributed by atoms with Crippen molar-refractivity contribution >= 4 is 29.9 Å². The highest BCUT2D eigenvalue weighted by atomic mass is 35.5. The van der Waals surface area contributed by atoms with E-state index in [1.54, 1.807) is 0 Å². The van der Waals surface area contributed by atoms with Gasteiger partial charge in [0.2, 0.25) is 11.8 Å². The highest BCUT2D eigenvalue weighted by Crippen LogP contribution is 2.05. The number of ether oxygens (including phenoxy) is 1. The Morgan fingerprint density at radius 2 is 2.05 bits per heavy atom. The first-order valence-corrected chi connectivity index (χ1v) is 6.69. The van der Waals surface area contributed by atoms with E-state index in [2.05, 4.69) is 16.0 Å². The summed E-state index contributed by atoms with van der Waals surface area (Å²) in [7, 11) is 0. The summed E-state index contributed by atoms with van der Waals surface area (Å²) in [5.41, 5.74) is 0.756. The maximum absolute atomic E-state index is 11.8. The van der Waals surface area contributed by atoms with Crippen LogP contribution in [0.3, 0.4) is 0 Å². The summed E-state index contributed by atoms with van der Waals surface area (Å²) in [6, 6.07) is 8.91. The fourth-order valence-electron chi connectivity index (χ4n) is 1.90. The Kier molecular flexibility index (Phi) is 7.74. The molecule has 2 rings (SSSR count). The Labute approximate surface area is 130 Å². The van der Waals surface area contributed by atoms with Crippen molar-refractivity contribution in [3.63, 3.8) is 0 Å². The molecule has 7 heteroatoms. The van der Waals surface area contributed by atoms with E-state index >= 15 is 0 Å². The van der Waals surface area contributed by atoms with Crippen LogP contribution in [0.1, 0.15) is 6.42 Å². The number of rotatable bonds is 5. The van der Waals surface area contributed by atoms with E-state index in [1.165, 1.54) is 0 Å². The zero-order chi connectivity index (χ0) is 14.2. The van der Waals surface area contributed by atoms with Crippen molar-refractivity contribution in [3.8, 4) is 0 Å². The largest absolute Gasteiger partial charge is 0.378 e. The van der Waals surface area contributed by atoms with Gasteiger partial charge in [0.25, 0.3) is 0 Å². The number of halogens is 1. The zero-order valence-electron chi connectivity index (χ0n) is 11.6. The van der Waals surface area contributed by atoms with Gasteiger partial charge in [0.15, 0.2) is 0 Å². The van der Waals surface area contributed by atoms with Gasteiger partial charge in [0, 0.05) is 25.2 Å². The van der Waals surface area contributed by atoms with E-state index in [9.17, 15) is 9.59 Å². The average Bonchev–Trinajstić information content (AvgIpc) is 2.49. The van der Waals surface area contributed by atoms with Crippen LogP contribution < -0.4 is 16.0 Å². The Hall–Kier alpha value is -1.63. The number of hydrogen-bond donors (Lipinski definition) is 3. The van der Waals surface area contributed by atoms with Crippen LogP contribution >= 0.6 is 12.4 Å². The zero-order valence-corrected chi connectivity index (χ0v) is 12.4.